The van der Waals surface area contributed by atoms with Gasteiger partial charge in [0.15, 0.2) is 0 Å². The molecule has 0 atom stereocenters. The molecule has 0 radical (unpaired) electrons. The molecule has 0 bridgehead atoms. The minimum Gasteiger partial charge on any atom is -0.0845 e. The summed E-state index contributed by atoms with van der Waals surface area (Å²) in [5.41, 5.74) is 1.37. The SMILES string of the molecule is CCCCCC/C=C/C=C(C)C. The lowest BCUT2D eigenvalue weighted by molar-refractivity contribution is 0.674. The van der Waals surface area contributed by atoms with E-state index in [0.29, 0.717) is 0 Å². The van der Waals surface area contributed by atoms with Crippen molar-refractivity contribution in [2.75, 3.05) is 0 Å². The molecule has 0 heteroatoms. The highest BCUT2D eigenvalue weighted by molar-refractivity contribution is 5.07. The van der Waals surface area contributed by atoms with Gasteiger partial charge in [-0.15, -0.1) is 0 Å². The van der Waals surface area contributed by atoms with E-state index < -0.39 is 0 Å². The molecule has 0 saturated heterocycles. The lowest BCUT2D eigenvalue weighted by Crippen LogP contribution is -1.73. The van der Waals surface area contributed by atoms with Gasteiger partial charge in [-0.25, -0.2) is 0 Å². The molecular formula is C12H22. The Bertz CT molecular complexity index is 136. The van der Waals surface area contributed by atoms with E-state index in [-0.39, 0.29) is 0 Å². The van der Waals surface area contributed by atoms with Gasteiger partial charge in [-0.3, -0.25) is 0 Å². The highest BCUT2D eigenvalue weighted by atomic mass is 13.9. The second-order valence-corrected chi connectivity index (χ2v) is 3.52. The molecule has 0 heterocycles. The predicted molar refractivity (Wildman–Crippen MR) is 57.3 cm³/mol. The quantitative estimate of drug-likeness (QED) is 0.403. The third-order valence-electron chi connectivity index (χ3n) is 1.79. The minimum absolute atomic E-state index is 1.24. The number of rotatable bonds is 6. The largest absolute Gasteiger partial charge is 0.0845 e. The van der Waals surface area contributed by atoms with Crippen molar-refractivity contribution < 1.29 is 0 Å². The molecule has 0 saturated carbocycles. The van der Waals surface area contributed by atoms with Gasteiger partial charge in [-0.05, 0) is 26.7 Å². The van der Waals surface area contributed by atoms with Crippen LogP contribution in [0.3, 0.4) is 0 Å². The molecule has 0 N–H and O–H groups in total. The Morgan fingerprint density at radius 2 is 1.83 bits per heavy atom. The normalized spacial score (nSPS) is 10.6. The molecule has 0 aliphatic heterocycles. The third-order valence-corrected chi connectivity index (χ3v) is 1.79. The fraction of sp³-hybridized carbons (Fsp3) is 0.667. The molecule has 0 aliphatic carbocycles. The maximum absolute atomic E-state index is 2.27. The highest BCUT2D eigenvalue weighted by Crippen LogP contribution is 2.03. The molecule has 0 fully saturated rings. The van der Waals surface area contributed by atoms with Crippen LogP contribution in [0.1, 0.15) is 52.9 Å². The van der Waals surface area contributed by atoms with Crippen molar-refractivity contribution in [1.29, 1.82) is 0 Å². The summed E-state index contributed by atoms with van der Waals surface area (Å²) >= 11 is 0. The lowest BCUT2D eigenvalue weighted by Gasteiger charge is -1.93. The molecule has 12 heavy (non-hydrogen) atoms. The van der Waals surface area contributed by atoms with Gasteiger partial charge in [0, 0.05) is 0 Å². The zero-order valence-electron chi connectivity index (χ0n) is 8.77. The first kappa shape index (κ1) is 11.5. The smallest absolute Gasteiger partial charge is 0.0348 e. The van der Waals surface area contributed by atoms with Gasteiger partial charge in [-0.1, -0.05) is 50.0 Å². The van der Waals surface area contributed by atoms with Crippen molar-refractivity contribution in [3.8, 4) is 0 Å². The Hall–Kier alpha value is -0.520. The monoisotopic (exact) mass is 166 g/mol. The fourth-order valence-electron chi connectivity index (χ4n) is 1.05. The fourth-order valence-corrected chi connectivity index (χ4v) is 1.05. The van der Waals surface area contributed by atoms with Gasteiger partial charge in [0.1, 0.15) is 0 Å². The molecule has 0 amide bonds. The average Bonchev–Trinajstić information content (AvgIpc) is 2.02. The topological polar surface area (TPSA) is 0 Å². The Morgan fingerprint density at radius 3 is 2.42 bits per heavy atom. The molecule has 0 aliphatic rings. The number of unbranched alkanes of at least 4 members (excludes halogenated alkanes) is 4. The van der Waals surface area contributed by atoms with E-state index in [1.807, 2.05) is 0 Å². The summed E-state index contributed by atoms with van der Waals surface area (Å²) in [6.07, 6.45) is 13.3. The second-order valence-electron chi connectivity index (χ2n) is 3.52. The summed E-state index contributed by atoms with van der Waals surface area (Å²) in [4.78, 5) is 0. The van der Waals surface area contributed by atoms with Crippen molar-refractivity contribution >= 4 is 0 Å². The Kier molecular flexibility index (Phi) is 8.20. The summed E-state index contributed by atoms with van der Waals surface area (Å²) in [5.74, 6) is 0. The first-order chi connectivity index (χ1) is 5.77. The van der Waals surface area contributed by atoms with Crippen molar-refractivity contribution in [3.05, 3.63) is 23.8 Å². The van der Waals surface area contributed by atoms with Crippen LogP contribution in [0.4, 0.5) is 0 Å². The number of hydrogen-bond acceptors (Lipinski definition) is 0. The molecule has 0 aromatic heterocycles. The Labute approximate surface area is 77.4 Å². The summed E-state index contributed by atoms with van der Waals surface area (Å²) in [6.45, 7) is 6.50. The maximum atomic E-state index is 2.27. The van der Waals surface area contributed by atoms with Crippen LogP contribution in [0.2, 0.25) is 0 Å². The van der Waals surface area contributed by atoms with E-state index in [1.54, 1.807) is 0 Å². The van der Waals surface area contributed by atoms with Gasteiger partial charge < -0.3 is 0 Å². The van der Waals surface area contributed by atoms with Crippen LogP contribution in [0.5, 0.6) is 0 Å². The van der Waals surface area contributed by atoms with Gasteiger partial charge in [-0.2, -0.15) is 0 Å². The van der Waals surface area contributed by atoms with Crippen molar-refractivity contribution in [2.45, 2.75) is 52.9 Å². The first-order valence-corrected chi connectivity index (χ1v) is 5.07. The average molecular weight is 166 g/mol. The van der Waals surface area contributed by atoms with Gasteiger partial charge in [0.25, 0.3) is 0 Å². The summed E-state index contributed by atoms with van der Waals surface area (Å²) < 4.78 is 0. The third kappa shape index (κ3) is 9.48. The molecule has 0 rings (SSSR count). The van der Waals surface area contributed by atoms with Gasteiger partial charge >= 0.3 is 0 Å². The van der Waals surface area contributed by atoms with Crippen LogP contribution in [0.25, 0.3) is 0 Å². The van der Waals surface area contributed by atoms with Crippen LogP contribution in [0.15, 0.2) is 23.8 Å². The number of hydrogen-bond donors (Lipinski definition) is 0. The van der Waals surface area contributed by atoms with E-state index in [2.05, 4.69) is 39.0 Å². The van der Waals surface area contributed by atoms with Crippen LogP contribution in [-0.4, -0.2) is 0 Å². The van der Waals surface area contributed by atoms with Crippen LogP contribution >= 0.6 is 0 Å². The van der Waals surface area contributed by atoms with E-state index in [4.69, 9.17) is 0 Å². The van der Waals surface area contributed by atoms with Crippen molar-refractivity contribution in [1.82, 2.24) is 0 Å². The summed E-state index contributed by atoms with van der Waals surface area (Å²) in [5, 5.41) is 0. The van der Waals surface area contributed by atoms with Crippen LogP contribution < -0.4 is 0 Å². The molecule has 0 nitrogen and oxygen atoms in total. The number of allylic oxidation sites excluding steroid dienone is 4. The van der Waals surface area contributed by atoms with Crippen LogP contribution in [0, 0.1) is 0 Å². The van der Waals surface area contributed by atoms with Crippen LogP contribution in [-0.2, 0) is 0 Å². The molecule has 0 aromatic carbocycles. The standard InChI is InChI=1S/C12H22/c1-4-5-6-7-8-9-10-11-12(2)3/h9-11H,4-8H2,1-3H3/b10-9+. The minimum atomic E-state index is 1.24. The Balaban J connectivity index is 3.19. The Morgan fingerprint density at radius 1 is 1.08 bits per heavy atom. The van der Waals surface area contributed by atoms with Crippen molar-refractivity contribution in [2.24, 2.45) is 0 Å². The predicted octanol–water partition coefficient (Wildman–Crippen LogP) is 4.48. The summed E-state index contributed by atoms with van der Waals surface area (Å²) in [6, 6.07) is 0. The maximum Gasteiger partial charge on any atom is -0.0348 e. The van der Waals surface area contributed by atoms with Gasteiger partial charge in [0.2, 0.25) is 0 Å². The molecule has 70 valence electrons. The van der Waals surface area contributed by atoms with E-state index in [1.165, 1.54) is 37.7 Å². The second kappa shape index (κ2) is 8.58. The molecule has 0 aromatic rings. The molecule has 0 spiro atoms. The highest BCUT2D eigenvalue weighted by Gasteiger charge is 1.83. The summed E-state index contributed by atoms with van der Waals surface area (Å²) in [7, 11) is 0. The van der Waals surface area contributed by atoms with E-state index in [0.717, 1.165) is 0 Å². The van der Waals surface area contributed by atoms with Crippen molar-refractivity contribution in [3.63, 3.8) is 0 Å². The first-order valence-electron chi connectivity index (χ1n) is 5.07. The zero-order chi connectivity index (χ0) is 9.23. The zero-order valence-corrected chi connectivity index (χ0v) is 8.77. The molecular weight excluding hydrogens is 144 g/mol. The van der Waals surface area contributed by atoms with Gasteiger partial charge in [0.05, 0.1) is 0 Å². The lowest BCUT2D eigenvalue weighted by atomic mass is 10.1. The van der Waals surface area contributed by atoms with E-state index >= 15 is 0 Å². The molecule has 0 unspecified atom stereocenters. The van der Waals surface area contributed by atoms with E-state index in [9.17, 15) is 0 Å².